The Hall–Kier alpha value is -3.08. The molecule has 4 nitrogen and oxygen atoms in total. The van der Waals surface area contributed by atoms with Crippen molar-refractivity contribution in [2.45, 2.75) is 70.4 Å². The second kappa shape index (κ2) is 18.9. The summed E-state index contributed by atoms with van der Waals surface area (Å²) in [5.41, 5.74) is 5.58. The molecule has 0 aromatic heterocycles. The number of aromatic hydroxyl groups is 1. The van der Waals surface area contributed by atoms with E-state index in [1.807, 2.05) is 42.5 Å². The minimum atomic E-state index is -5.55. The summed E-state index contributed by atoms with van der Waals surface area (Å²) in [6, 6.07) is 25.6. The zero-order valence-electron chi connectivity index (χ0n) is 26.3. The molecule has 10 heteroatoms. The first-order valence-electron chi connectivity index (χ1n) is 15.8. The normalized spacial score (nSPS) is 13.4. The number of nitrogens with one attached hydrogen (secondary N) is 1. The average molecular weight is 666 g/mol. The van der Waals surface area contributed by atoms with Crippen LogP contribution in [0.2, 0.25) is 0 Å². The summed E-state index contributed by atoms with van der Waals surface area (Å²) >= 11 is -1.37. The first-order chi connectivity index (χ1) is 22.0. The Bertz CT molecular complexity index is 1320. The topological polar surface area (TPSA) is 64.5 Å². The van der Waals surface area contributed by atoms with Gasteiger partial charge in [-0.25, -0.2) is 0 Å². The molecule has 1 unspecified atom stereocenters. The van der Waals surface area contributed by atoms with E-state index in [0.717, 1.165) is 66.7 Å². The van der Waals surface area contributed by atoms with Crippen molar-refractivity contribution < 1.29 is 36.3 Å². The predicted octanol–water partition coefficient (Wildman–Crippen LogP) is 9.41. The molecule has 3 rings (SSSR count). The molecule has 0 aliphatic carbocycles. The lowest BCUT2D eigenvalue weighted by molar-refractivity contribution is -0.284. The Morgan fingerprint density at radius 2 is 1.33 bits per heavy atom. The highest BCUT2D eigenvalue weighted by atomic mass is 32.2. The van der Waals surface area contributed by atoms with Crippen molar-refractivity contribution in [1.82, 2.24) is 5.32 Å². The summed E-state index contributed by atoms with van der Waals surface area (Å²) in [6.07, 6.45) is -2.03. The lowest BCUT2D eigenvalue weighted by Crippen LogP contribution is -2.36. The van der Waals surface area contributed by atoms with Crippen LogP contribution in [-0.2, 0) is 11.2 Å². The Morgan fingerprint density at radius 1 is 0.739 bits per heavy atom. The van der Waals surface area contributed by atoms with Crippen molar-refractivity contribution in [2.75, 3.05) is 31.2 Å². The van der Waals surface area contributed by atoms with Gasteiger partial charge in [0.2, 0.25) is 0 Å². The van der Waals surface area contributed by atoms with Crippen molar-refractivity contribution >= 4 is 22.3 Å². The molecule has 0 amide bonds. The molecule has 0 saturated carbocycles. The molecule has 0 radical (unpaired) electrons. The highest BCUT2D eigenvalue weighted by Gasteiger charge is 2.56. The zero-order chi connectivity index (χ0) is 33.4. The fraction of sp³-hybridized carbons (Fsp3) is 0.444. The van der Waals surface area contributed by atoms with E-state index in [2.05, 4.69) is 36.5 Å². The molecule has 3 aromatic rings. The van der Waals surface area contributed by atoms with Gasteiger partial charge in [0.1, 0.15) is 29.6 Å². The van der Waals surface area contributed by atoms with Crippen LogP contribution < -0.4 is 10.1 Å². The molecule has 0 heterocycles. The smallest absolute Gasteiger partial charge is 0.453 e. The Kier molecular flexibility index (Phi) is 15.4. The zero-order valence-corrected chi connectivity index (χ0v) is 27.1. The summed E-state index contributed by atoms with van der Waals surface area (Å²) in [5.74, 6) is -3.52. The van der Waals surface area contributed by atoms with E-state index in [1.54, 1.807) is 12.1 Å². The van der Waals surface area contributed by atoms with Crippen LogP contribution in [0.4, 0.5) is 22.0 Å². The Balaban J connectivity index is 1.33. The molecular weight excluding hydrogens is 621 g/mol. The van der Waals surface area contributed by atoms with Gasteiger partial charge in [0.25, 0.3) is 0 Å². The summed E-state index contributed by atoms with van der Waals surface area (Å²) in [6.45, 7) is 4.19. The molecule has 252 valence electrons. The Morgan fingerprint density at radius 3 is 1.96 bits per heavy atom. The van der Waals surface area contributed by atoms with E-state index >= 15 is 0 Å². The number of rotatable bonds is 20. The molecule has 0 aliphatic rings. The van der Waals surface area contributed by atoms with Gasteiger partial charge in [0, 0.05) is 13.0 Å². The van der Waals surface area contributed by atoms with Gasteiger partial charge in [0.15, 0.2) is 0 Å². The van der Waals surface area contributed by atoms with Crippen LogP contribution in [0.3, 0.4) is 0 Å². The molecular formula is C36H44F5NO3S. The van der Waals surface area contributed by atoms with Gasteiger partial charge in [-0.05, 0) is 90.8 Å². The maximum atomic E-state index is 12.9. The van der Waals surface area contributed by atoms with Crippen molar-refractivity contribution in [2.24, 2.45) is 0 Å². The molecule has 46 heavy (non-hydrogen) atoms. The predicted molar refractivity (Wildman–Crippen MR) is 177 cm³/mol. The molecule has 3 aromatic carbocycles. The summed E-state index contributed by atoms with van der Waals surface area (Å²) < 4.78 is 80.2. The minimum absolute atomic E-state index is 0.131. The largest absolute Gasteiger partial charge is 0.616 e. The monoisotopic (exact) mass is 665 g/mol. The number of hydrogen-bond donors (Lipinski definition) is 2. The van der Waals surface area contributed by atoms with Gasteiger partial charge >= 0.3 is 12.1 Å². The van der Waals surface area contributed by atoms with Gasteiger partial charge in [-0.1, -0.05) is 85.5 Å². The Labute approximate surface area is 272 Å². The fourth-order valence-corrected chi connectivity index (χ4v) is 6.33. The summed E-state index contributed by atoms with van der Waals surface area (Å²) in [4.78, 5) is 0. The van der Waals surface area contributed by atoms with Crippen LogP contribution in [0.5, 0.6) is 11.5 Å². The number of ether oxygens (including phenoxy) is 1. The van der Waals surface area contributed by atoms with Crippen LogP contribution in [0, 0.1) is 0 Å². The lowest BCUT2D eigenvalue weighted by atomic mass is 9.88. The van der Waals surface area contributed by atoms with Crippen molar-refractivity contribution in [3.05, 3.63) is 95.6 Å². The molecule has 1 atom stereocenters. The maximum absolute atomic E-state index is 12.9. The number of hydrogen-bond acceptors (Lipinski definition) is 4. The number of halogens is 5. The third-order valence-corrected chi connectivity index (χ3v) is 9.12. The molecule has 2 N–H and O–H groups in total. The third-order valence-electron chi connectivity index (χ3n) is 7.63. The summed E-state index contributed by atoms with van der Waals surface area (Å²) in [5, 5.41) is 13.2. The maximum Gasteiger partial charge on any atom is 0.453 e. The van der Waals surface area contributed by atoms with E-state index in [4.69, 9.17) is 4.74 Å². The van der Waals surface area contributed by atoms with E-state index in [0.29, 0.717) is 25.3 Å². The number of unbranched alkanes of at least 4 members (excludes halogenated alkanes) is 4. The quantitative estimate of drug-likeness (QED) is 0.0547. The van der Waals surface area contributed by atoms with Gasteiger partial charge < -0.3 is 19.7 Å². The first kappa shape index (κ1) is 37.4. The third kappa shape index (κ3) is 12.3. The van der Waals surface area contributed by atoms with E-state index in [9.17, 15) is 31.6 Å². The molecule has 0 fully saturated rings. The summed E-state index contributed by atoms with van der Waals surface area (Å²) in [7, 11) is 0. The van der Waals surface area contributed by atoms with Crippen LogP contribution >= 0.6 is 0 Å². The van der Waals surface area contributed by atoms with Gasteiger partial charge in [-0.3, -0.25) is 0 Å². The van der Waals surface area contributed by atoms with Crippen molar-refractivity contribution in [1.29, 1.82) is 0 Å². The van der Waals surface area contributed by atoms with Crippen molar-refractivity contribution in [3.63, 3.8) is 0 Å². The minimum Gasteiger partial charge on any atom is -0.616 e. The molecule has 0 saturated heterocycles. The second-order valence-corrected chi connectivity index (χ2v) is 12.9. The highest BCUT2D eigenvalue weighted by Crippen LogP contribution is 2.39. The van der Waals surface area contributed by atoms with E-state index < -0.39 is 36.1 Å². The second-order valence-electron chi connectivity index (χ2n) is 11.2. The van der Waals surface area contributed by atoms with Crippen molar-refractivity contribution in [3.8, 4) is 11.5 Å². The number of allylic oxidation sites excluding steroid dienone is 1. The van der Waals surface area contributed by atoms with Gasteiger partial charge in [-0.15, -0.1) is 0 Å². The number of phenols is 1. The van der Waals surface area contributed by atoms with Crippen LogP contribution in [0.15, 0.2) is 78.9 Å². The molecule has 0 bridgehead atoms. The molecule has 0 aliphatic heterocycles. The standard InChI is InChI=1S/C36H44F5NO3S/c1-2-33(28-12-7-6-8-13-28)34(29-14-18-31(43)19-15-29)30-16-20-32(21-17-30)45-25-24-42-23-9-4-3-5-10-26-46(44)27-11-22-35(37,38)36(39,40)41/h6-8,12-21,42-43H,2-5,9-11,22-27H2,1H3. The number of alkyl halides is 5. The SMILES string of the molecule is CCC(=C(c1ccc(O)cc1)c1ccc(OCCNCCCCCCC[S+]([O-])CCCC(F)(F)C(F)(F)F)cc1)c1ccccc1. The van der Waals surface area contributed by atoms with Crippen LogP contribution in [0.25, 0.3) is 11.1 Å². The van der Waals surface area contributed by atoms with Crippen LogP contribution in [0.1, 0.15) is 75.0 Å². The highest BCUT2D eigenvalue weighted by molar-refractivity contribution is 7.91. The molecule has 0 spiro atoms. The van der Waals surface area contributed by atoms with E-state index in [1.165, 1.54) is 5.57 Å². The average Bonchev–Trinajstić information content (AvgIpc) is 3.03. The fourth-order valence-electron chi connectivity index (χ4n) is 5.13. The lowest BCUT2D eigenvalue weighted by Gasteiger charge is -2.19. The van der Waals surface area contributed by atoms with E-state index in [-0.39, 0.29) is 11.5 Å². The first-order valence-corrected chi connectivity index (χ1v) is 17.3. The number of phenolic OH excluding ortho intramolecular Hbond substituents is 1. The van der Waals surface area contributed by atoms with Gasteiger partial charge in [0.05, 0.1) is 0 Å². The van der Waals surface area contributed by atoms with Gasteiger partial charge in [-0.2, -0.15) is 22.0 Å². The van der Waals surface area contributed by atoms with Crippen LogP contribution in [-0.4, -0.2) is 53.0 Å². The number of benzene rings is 3.